The van der Waals surface area contributed by atoms with Gasteiger partial charge in [-0.3, -0.25) is 9.69 Å². The fourth-order valence-corrected chi connectivity index (χ4v) is 5.54. The van der Waals surface area contributed by atoms with Crippen LogP contribution in [0.2, 0.25) is 10.0 Å². The Bertz CT molecular complexity index is 1490. The molecular formula is C25H22Cl2N2O9S. The Morgan fingerprint density at radius 1 is 0.974 bits per heavy atom. The van der Waals surface area contributed by atoms with Crippen LogP contribution in [0.25, 0.3) is 0 Å². The molecule has 206 valence electrons. The summed E-state index contributed by atoms with van der Waals surface area (Å²) in [7, 11) is -4.03. The summed E-state index contributed by atoms with van der Waals surface area (Å²) in [6, 6.07) is 11.0. The van der Waals surface area contributed by atoms with Crippen molar-refractivity contribution in [2.45, 2.75) is 30.2 Å². The average Bonchev–Trinajstić information content (AvgIpc) is 2.84. The predicted molar refractivity (Wildman–Crippen MR) is 142 cm³/mol. The number of hydrogen-bond acceptors (Lipinski definition) is 8. The Morgan fingerprint density at radius 3 is 2.15 bits per heavy atom. The molecule has 1 saturated carbocycles. The minimum atomic E-state index is -4.03. The molecule has 3 aromatic carbocycles. The van der Waals surface area contributed by atoms with Crippen molar-refractivity contribution >= 4 is 51.0 Å². The maximum absolute atomic E-state index is 12.8. The molecule has 0 heterocycles. The standard InChI is InChI=1S/C25H22Cl2N2O9S/c26-19-10-15(29(13-23(32)33)25(34)38-17-6-4-16(30)5-7-17)11-20(27)24(19)37-18-8-9-21(31)22(12-18)39(35,36)28-14-2-1-3-14/h4-12,14,28,30-31H,1-3,13H2,(H,32,33). The lowest BCUT2D eigenvalue weighted by Gasteiger charge is -2.26. The van der Waals surface area contributed by atoms with Gasteiger partial charge in [-0.15, -0.1) is 0 Å². The van der Waals surface area contributed by atoms with Crippen molar-refractivity contribution in [2.24, 2.45) is 0 Å². The number of nitrogens with one attached hydrogen (secondary N) is 1. The third-order valence-corrected chi connectivity index (χ3v) is 7.83. The summed E-state index contributed by atoms with van der Waals surface area (Å²) < 4.78 is 38.9. The first-order valence-corrected chi connectivity index (χ1v) is 13.7. The van der Waals surface area contributed by atoms with E-state index >= 15 is 0 Å². The van der Waals surface area contributed by atoms with Crippen molar-refractivity contribution in [2.75, 3.05) is 11.4 Å². The molecule has 0 aliphatic heterocycles. The van der Waals surface area contributed by atoms with Crippen LogP contribution in [0, 0.1) is 0 Å². The Balaban J connectivity index is 1.59. The molecule has 3 aromatic rings. The van der Waals surface area contributed by atoms with Gasteiger partial charge in [-0.1, -0.05) is 29.6 Å². The van der Waals surface area contributed by atoms with Crippen LogP contribution < -0.4 is 19.1 Å². The van der Waals surface area contributed by atoms with Gasteiger partial charge in [0.15, 0.2) is 5.75 Å². The zero-order chi connectivity index (χ0) is 28.3. The molecule has 0 unspecified atom stereocenters. The monoisotopic (exact) mass is 596 g/mol. The number of sulfonamides is 1. The molecule has 1 fully saturated rings. The highest BCUT2D eigenvalue weighted by Gasteiger charge is 2.28. The summed E-state index contributed by atoms with van der Waals surface area (Å²) in [5.74, 6) is -1.94. The largest absolute Gasteiger partial charge is 0.508 e. The molecule has 0 spiro atoms. The molecule has 0 radical (unpaired) electrons. The van der Waals surface area contributed by atoms with Crippen LogP contribution in [-0.2, 0) is 14.8 Å². The van der Waals surface area contributed by atoms with E-state index in [0.717, 1.165) is 23.5 Å². The van der Waals surface area contributed by atoms with Gasteiger partial charge < -0.3 is 24.8 Å². The number of nitrogens with zero attached hydrogens (tertiary/aromatic N) is 1. The fraction of sp³-hybridized carbons (Fsp3) is 0.200. The Morgan fingerprint density at radius 2 is 1.59 bits per heavy atom. The SMILES string of the molecule is O=C(O)CN(C(=O)Oc1ccc(O)cc1)c1cc(Cl)c(Oc2ccc(O)c(S(=O)(=O)NC3CCC3)c2)c(Cl)c1. The van der Waals surface area contributed by atoms with E-state index in [1.54, 1.807) is 0 Å². The maximum Gasteiger partial charge on any atom is 0.420 e. The van der Waals surface area contributed by atoms with Gasteiger partial charge in [-0.25, -0.2) is 17.9 Å². The van der Waals surface area contributed by atoms with Gasteiger partial charge in [0.25, 0.3) is 0 Å². The Labute approximate surface area is 233 Å². The number of aromatic hydroxyl groups is 2. The highest BCUT2D eigenvalue weighted by atomic mass is 35.5. The lowest BCUT2D eigenvalue weighted by molar-refractivity contribution is -0.135. The quantitative estimate of drug-likeness (QED) is 0.262. The van der Waals surface area contributed by atoms with E-state index in [1.165, 1.54) is 42.5 Å². The van der Waals surface area contributed by atoms with Crippen molar-refractivity contribution in [1.82, 2.24) is 4.72 Å². The lowest BCUT2D eigenvalue weighted by atomic mass is 9.94. The Kier molecular flexibility index (Phi) is 8.40. The van der Waals surface area contributed by atoms with Crippen molar-refractivity contribution in [3.63, 3.8) is 0 Å². The summed E-state index contributed by atoms with van der Waals surface area (Å²) in [5, 5.41) is 28.6. The van der Waals surface area contributed by atoms with E-state index in [9.17, 15) is 33.3 Å². The number of phenols is 2. The molecule has 1 aliphatic rings. The first kappa shape index (κ1) is 28.3. The van der Waals surface area contributed by atoms with Crippen LogP contribution in [0.5, 0.6) is 28.7 Å². The van der Waals surface area contributed by atoms with Gasteiger partial charge >= 0.3 is 12.1 Å². The zero-order valence-corrected chi connectivity index (χ0v) is 22.3. The van der Waals surface area contributed by atoms with Crippen LogP contribution in [0.1, 0.15) is 19.3 Å². The minimum absolute atomic E-state index is 0.00698. The van der Waals surface area contributed by atoms with E-state index in [2.05, 4.69) is 4.72 Å². The van der Waals surface area contributed by atoms with Gasteiger partial charge in [0.1, 0.15) is 34.4 Å². The van der Waals surface area contributed by atoms with Gasteiger partial charge in [-0.2, -0.15) is 0 Å². The molecular weight excluding hydrogens is 575 g/mol. The third-order valence-electron chi connectivity index (χ3n) is 5.72. The average molecular weight is 597 g/mol. The van der Waals surface area contributed by atoms with Crippen LogP contribution in [0.15, 0.2) is 59.5 Å². The highest BCUT2D eigenvalue weighted by Crippen LogP contribution is 2.41. The smallest absolute Gasteiger partial charge is 0.420 e. The van der Waals surface area contributed by atoms with Crippen molar-refractivity contribution in [3.8, 4) is 28.7 Å². The third kappa shape index (κ3) is 6.84. The van der Waals surface area contributed by atoms with Crippen molar-refractivity contribution in [1.29, 1.82) is 0 Å². The molecule has 39 heavy (non-hydrogen) atoms. The second-order valence-electron chi connectivity index (χ2n) is 8.56. The van der Waals surface area contributed by atoms with Crippen molar-refractivity contribution in [3.05, 3.63) is 64.6 Å². The molecule has 1 amide bonds. The number of hydrogen-bond donors (Lipinski definition) is 4. The predicted octanol–water partition coefficient (Wildman–Crippen LogP) is 5.12. The number of rotatable bonds is 9. The first-order chi connectivity index (χ1) is 18.4. The van der Waals surface area contributed by atoms with Crippen LogP contribution in [-0.4, -0.2) is 48.4 Å². The number of anilines is 1. The Hall–Kier alpha value is -3.71. The summed E-state index contributed by atoms with van der Waals surface area (Å²) in [6.45, 7) is -0.795. The number of phenolic OH excluding ortho intramolecular Hbond substituents is 2. The van der Waals surface area contributed by atoms with Gasteiger partial charge in [0, 0.05) is 12.1 Å². The van der Waals surface area contributed by atoms with E-state index in [4.69, 9.17) is 32.7 Å². The molecule has 0 bridgehead atoms. The molecule has 14 heteroatoms. The van der Waals surface area contributed by atoms with E-state index in [0.29, 0.717) is 12.8 Å². The molecule has 4 rings (SSSR count). The zero-order valence-electron chi connectivity index (χ0n) is 20.0. The molecule has 0 aromatic heterocycles. The number of ether oxygens (including phenoxy) is 2. The topological polar surface area (TPSA) is 163 Å². The van der Waals surface area contributed by atoms with Crippen LogP contribution >= 0.6 is 23.2 Å². The number of carbonyl (C=O) groups is 2. The fourth-order valence-electron chi connectivity index (χ4n) is 3.57. The highest BCUT2D eigenvalue weighted by molar-refractivity contribution is 7.89. The van der Waals surface area contributed by atoms with E-state index in [1.807, 2.05) is 0 Å². The summed E-state index contributed by atoms with van der Waals surface area (Å²) in [4.78, 5) is 24.6. The number of carbonyl (C=O) groups excluding carboxylic acids is 1. The number of carboxylic acids is 1. The summed E-state index contributed by atoms with van der Waals surface area (Å²) >= 11 is 12.7. The molecule has 1 aliphatic carbocycles. The second kappa shape index (κ2) is 11.6. The number of carboxylic acid groups (broad SMARTS) is 1. The normalized spacial score (nSPS) is 13.4. The van der Waals surface area contributed by atoms with Gasteiger partial charge in [-0.05, 0) is 61.4 Å². The molecule has 0 atom stereocenters. The first-order valence-electron chi connectivity index (χ1n) is 11.5. The second-order valence-corrected chi connectivity index (χ2v) is 11.1. The minimum Gasteiger partial charge on any atom is -0.508 e. The maximum atomic E-state index is 12.8. The number of amides is 1. The van der Waals surface area contributed by atoms with Gasteiger partial charge in [0.2, 0.25) is 10.0 Å². The number of halogens is 2. The molecule has 11 nitrogen and oxygen atoms in total. The molecule has 0 saturated heterocycles. The van der Waals surface area contributed by atoms with Crippen molar-refractivity contribution < 1.29 is 42.8 Å². The van der Waals surface area contributed by atoms with Crippen LogP contribution in [0.4, 0.5) is 10.5 Å². The summed E-state index contributed by atoms with van der Waals surface area (Å²) in [5.41, 5.74) is -0.0257. The lowest BCUT2D eigenvalue weighted by Crippen LogP contribution is -2.39. The molecule has 4 N–H and O–H groups in total. The number of benzene rings is 3. The number of aliphatic carboxylic acids is 1. The van der Waals surface area contributed by atoms with Gasteiger partial charge in [0.05, 0.1) is 15.7 Å². The van der Waals surface area contributed by atoms with Crippen LogP contribution in [0.3, 0.4) is 0 Å². The summed E-state index contributed by atoms with van der Waals surface area (Å²) in [6.07, 6.45) is 1.26. The van der Waals surface area contributed by atoms with E-state index in [-0.39, 0.29) is 49.7 Å². The van der Waals surface area contributed by atoms with E-state index < -0.39 is 34.4 Å².